The molecule has 9 heteroatoms. The maximum Gasteiger partial charge on any atom is 0.228 e. The molecule has 2 aliphatic rings. The van der Waals surface area contributed by atoms with Crippen molar-refractivity contribution in [2.45, 2.75) is 75.4 Å². The fourth-order valence-electron chi connectivity index (χ4n) is 3.27. The van der Waals surface area contributed by atoms with Crippen LogP contribution in [0.5, 0.6) is 0 Å². The molecule has 136 valence electrons. The predicted octanol–water partition coefficient (Wildman–Crippen LogP) is 2.68. The van der Waals surface area contributed by atoms with Crippen LogP contribution < -0.4 is 4.90 Å². The summed E-state index contributed by atoms with van der Waals surface area (Å²) < 4.78 is 4.27. The van der Waals surface area contributed by atoms with Crippen LogP contribution in [0.4, 0.5) is 5.95 Å². The molecule has 2 fully saturated rings. The van der Waals surface area contributed by atoms with Gasteiger partial charge in [-0.1, -0.05) is 25.1 Å². The number of nitrogens with zero attached hydrogens (tertiary/aromatic N) is 8. The zero-order valence-corrected chi connectivity index (χ0v) is 15.7. The second-order valence-electron chi connectivity index (χ2n) is 6.89. The van der Waals surface area contributed by atoms with Crippen LogP contribution in [-0.2, 0) is 12.3 Å². The van der Waals surface area contributed by atoms with Crippen molar-refractivity contribution in [1.82, 2.24) is 35.0 Å². The van der Waals surface area contributed by atoms with Gasteiger partial charge in [0.2, 0.25) is 5.95 Å². The van der Waals surface area contributed by atoms with Crippen molar-refractivity contribution in [2.24, 2.45) is 0 Å². The molecule has 1 aliphatic carbocycles. The molecule has 0 N–H and O–H groups in total. The molecule has 0 aromatic carbocycles. The van der Waals surface area contributed by atoms with E-state index in [9.17, 15) is 0 Å². The van der Waals surface area contributed by atoms with Crippen molar-refractivity contribution in [2.75, 3.05) is 18.0 Å². The van der Waals surface area contributed by atoms with E-state index in [1.807, 2.05) is 4.68 Å². The van der Waals surface area contributed by atoms with Gasteiger partial charge in [-0.15, -0.1) is 15.3 Å². The van der Waals surface area contributed by atoms with E-state index in [-0.39, 0.29) is 0 Å². The number of hydrogen-bond donors (Lipinski definition) is 0. The van der Waals surface area contributed by atoms with Crippen LogP contribution in [0.2, 0.25) is 0 Å². The van der Waals surface area contributed by atoms with Crippen molar-refractivity contribution in [3.05, 3.63) is 5.82 Å². The Balaban J connectivity index is 1.47. The lowest BCUT2D eigenvalue weighted by atomic mass is 10.1. The van der Waals surface area contributed by atoms with Gasteiger partial charge >= 0.3 is 0 Å². The maximum atomic E-state index is 4.53. The Morgan fingerprint density at radius 3 is 2.68 bits per heavy atom. The molecule has 1 aliphatic heterocycles. The summed E-state index contributed by atoms with van der Waals surface area (Å²) in [6, 6.07) is 0.575. The monoisotopic (exact) mass is 362 g/mol. The third-order valence-electron chi connectivity index (χ3n) is 4.86. The van der Waals surface area contributed by atoms with Gasteiger partial charge in [0, 0.05) is 25.7 Å². The molecule has 0 spiro atoms. The Morgan fingerprint density at radius 2 is 1.92 bits per heavy atom. The molecule has 1 saturated heterocycles. The first kappa shape index (κ1) is 16.8. The van der Waals surface area contributed by atoms with Gasteiger partial charge in [0.15, 0.2) is 11.0 Å². The van der Waals surface area contributed by atoms with Gasteiger partial charge in [0.25, 0.3) is 0 Å². The number of aromatic nitrogens is 7. The van der Waals surface area contributed by atoms with E-state index < -0.39 is 0 Å². The van der Waals surface area contributed by atoms with Crippen LogP contribution in [0, 0.1) is 0 Å². The van der Waals surface area contributed by atoms with Crippen molar-refractivity contribution in [1.29, 1.82) is 0 Å². The number of thioether (sulfide) groups is 1. The van der Waals surface area contributed by atoms with Gasteiger partial charge in [-0.25, -0.2) is 4.68 Å². The Bertz CT molecular complexity index is 686. The molecule has 4 rings (SSSR count). The summed E-state index contributed by atoms with van der Waals surface area (Å²) in [6.45, 7) is 5.27. The fraction of sp³-hybridized carbons (Fsp3) is 0.812. The Labute approximate surface area is 152 Å². The van der Waals surface area contributed by atoms with E-state index >= 15 is 0 Å². The van der Waals surface area contributed by atoms with Crippen LogP contribution >= 0.6 is 11.8 Å². The Hall–Kier alpha value is -1.64. The Morgan fingerprint density at radius 1 is 1.08 bits per heavy atom. The van der Waals surface area contributed by atoms with Crippen LogP contribution in [0.25, 0.3) is 0 Å². The summed E-state index contributed by atoms with van der Waals surface area (Å²) in [5.74, 6) is 2.72. The van der Waals surface area contributed by atoms with E-state index in [1.54, 1.807) is 11.8 Å². The van der Waals surface area contributed by atoms with Gasteiger partial charge in [-0.05, 0) is 49.0 Å². The van der Waals surface area contributed by atoms with Crippen molar-refractivity contribution in [3.8, 4) is 0 Å². The molecular weight excluding hydrogens is 336 g/mol. The average molecular weight is 363 g/mol. The molecule has 0 radical (unpaired) electrons. The van der Waals surface area contributed by atoms with Gasteiger partial charge in [0.1, 0.15) is 0 Å². The Kier molecular flexibility index (Phi) is 5.19. The highest BCUT2D eigenvalue weighted by Crippen LogP contribution is 2.41. The summed E-state index contributed by atoms with van der Waals surface area (Å²) in [6.07, 6.45) is 8.55. The van der Waals surface area contributed by atoms with Crippen LogP contribution in [0.15, 0.2) is 5.16 Å². The van der Waals surface area contributed by atoms with Crippen molar-refractivity contribution < 1.29 is 0 Å². The molecule has 0 amide bonds. The molecule has 2 aromatic rings. The lowest BCUT2D eigenvalue weighted by Gasteiger charge is -2.27. The zero-order valence-electron chi connectivity index (χ0n) is 14.8. The summed E-state index contributed by atoms with van der Waals surface area (Å²) in [7, 11) is 0. The van der Waals surface area contributed by atoms with E-state index in [0.29, 0.717) is 6.04 Å². The fourth-order valence-corrected chi connectivity index (χ4v) is 4.20. The summed E-state index contributed by atoms with van der Waals surface area (Å²) in [5, 5.41) is 22.2. The summed E-state index contributed by atoms with van der Waals surface area (Å²) in [5.41, 5.74) is 0. The minimum absolute atomic E-state index is 0.575. The van der Waals surface area contributed by atoms with E-state index in [1.165, 1.54) is 32.1 Å². The number of tetrazole rings is 1. The number of hydrogen-bond acceptors (Lipinski definition) is 7. The third-order valence-corrected chi connectivity index (χ3v) is 5.80. The van der Waals surface area contributed by atoms with E-state index in [2.05, 4.69) is 42.1 Å². The molecule has 0 bridgehead atoms. The average Bonchev–Trinajstić information content (AvgIpc) is 3.24. The SMILES string of the molecule is CCCCn1nnnc1CSc1nnc(N2CCCCC2)n1C1CC1. The van der Waals surface area contributed by atoms with E-state index in [0.717, 1.165) is 55.2 Å². The second-order valence-corrected chi connectivity index (χ2v) is 7.83. The maximum absolute atomic E-state index is 4.53. The molecule has 25 heavy (non-hydrogen) atoms. The number of piperidine rings is 1. The van der Waals surface area contributed by atoms with E-state index in [4.69, 9.17) is 0 Å². The highest BCUT2D eigenvalue weighted by molar-refractivity contribution is 7.98. The number of anilines is 1. The van der Waals surface area contributed by atoms with Crippen molar-refractivity contribution >= 4 is 17.7 Å². The molecule has 8 nitrogen and oxygen atoms in total. The number of unbranched alkanes of at least 4 members (excludes halogenated alkanes) is 1. The normalized spacial score (nSPS) is 18.0. The van der Waals surface area contributed by atoms with Gasteiger partial charge < -0.3 is 4.90 Å². The third kappa shape index (κ3) is 3.80. The summed E-state index contributed by atoms with van der Waals surface area (Å²) in [4.78, 5) is 2.41. The summed E-state index contributed by atoms with van der Waals surface area (Å²) >= 11 is 1.70. The van der Waals surface area contributed by atoms with Crippen molar-refractivity contribution in [3.63, 3.8) is 0 Å². The highest BCUT2D eigenvalue weighted by atomic mass is 32.2. The zero-order chi connectivity index (χ0) is 17.1. The molecule has 3 heterocycles. The predicted molar refractivity (Wildman–Crippen MR) is 96.6 cm³/mol. The largest absolute Gasteiger partial charge is 0.341 e. The quantitative estimate of drug-likeness (QED) is 0.668. The van der Waals surface area contributed by atoms with Crippen LogP contribution in [0.3, 0.4) is 0 Å². The number of aryl methyl sites for hydroxylation is 1. The highest BCUT2D eigenvalue weighted by Gasteiger charge is 2.32. The topological polar surface area (TPSA) is 77.5 Å². The molecular formula is C16H26N8S. The van der Waals surface area contributed by atoms with Gasteiger partial charge in [-0.2, -0.15) is 0 Å². The lowest BCUT2D eigenvalue weighted by molar-refractivity contribution is 0.539. The van der Waals surface area contributed by atoms with Crippen LogP contribution in [-0.4, -0.2) is 48.1 Å². The molecule has 2 aromatic heterocycles. The first-order valence-electron chi connectivity index (χ1n) is 9.44. The first-order chi connectivity index (χ1) is 12.4. The van der Waals surface area contributed by atoms with Gasteiger partial charge in [0.05, 0.1) is 5.75 Å². The standard InChI is InChI=1S/C16H26N8S/c1-2-3-11-23-14(17-20-21-23)12-25-16-19-18-15(24(16)13-7-8-13)22-9-5-4-6-10-22/h13H,2-12H2,1H3. The molecule has 0 atom stereocenters. The first-order valence-corrected chi connectivity index (χ1v) is 10.4. The smallest absolute Gasteiger partial charge is 0.228 e. The molecule has 0 unspecified atom stereocenters. The minimum Gasteiger partial charge on any atom is -0.341 e. The van der Waals surface area contributed by atoms with Gasteiger partial charge in [-0.3, -0.25) is 4.57 Å². The lowest BCUT2D eigenvalue weighted by Crippen LogP contribution is -2.31. The van der Waals surface area contributed by atoms with Crippen LogP contribution in [0.1, 0.15) is 63.7 Å². The second kappa shape index (κ2) is 7.72. The molecule has 1 saturated carbocycles. The number of rotatable bonds is 8. The minimum atomic E-state index is 0.575.